The highest BCUT2D eigenvalue weighted by Crippen LogP contribution is 2.32. The minimum absolute atomic E-state index is 0.540. The van der Waals surface area contributed by atoms with Crippen LogP contribution >= 0.6 is 0 Å². The minimum atomic E-state index is -4.13. The van der Waals surface area contributed by atoms with Gasteiger partial charge in [0, 0.05) is 6.04 Å². The van der Waals surface area contributed by atoms with Crippen LogP contribution in [0.4, 0.5) is 13.2 Å². The molecule has 0 radical (unpaired) electrons. The highest BCUT2D eigenvalue weighted by atomic mass is 19.4. The van der Waals surface area contributed by atoms with E-state index >= 15 is 0 Å². The van der Waals surface area contributed by atoms with Crippen LogP contribution in [0.1, 0.15) is 42.5 Å². The summed E-state index contributed by atoms with van der Waals surface area (Å²) in [7, 11) is 0. The van der Waals surface area contributed by atoms with Gasteiger partial charge in [-0.25, -0.2) is 0 Å². The fraction of sp³-hybridized carbons (Fsp3) is 0.571. The second-order valence-electron chi connectivity index (χ2n) is 4.81. The van der Waals surface area contributed by atoms with Gasteiger partial charge in [-0.15, -0.1) is 0 Å². The molecular weight excluding hydrogens is 239 g/mol. The van der Waals surface area contributed by atoms with Gasteiger partial charge in [-0.05, 0) is 42.5 Å². The van der Waals surface area contributed by atoms with E-state index in [1.807, 2.05) is 25.1 Å². The molecule has 1 aromatic rings. The zero-order valence-electron chi connectivity index (χ0n) is 10.5. The number of rotatable bonds is 4. The average Bonchev–Trinajstić information content (AvgIpc) is 2.73. The van der Waals surface area contributed by atoms with Gasteiger partial charge in [0.25, 0.3) is 0 Å². The van der Waals surface area contributed by atoms with Crippen molar-refractivity contribution < 1.29 is 13.2 Å². The maximum Gasteiger partial charge on any atom is 0.390 e. The molecular formula is C14H18F3N. The first-order chi connectivity index (χ1) is 8.49. The van der Waals surface area contributed by atoms with Crippen LogP contribution in [0.3, 0.4) is 0 Å². The lowest BCUT2D eigenvalue weighted by molar-refractivity contribution is -0.140. The number of hydrogen-bond donors (Lipinski definition) is 1. The zero-order valence-corrected chi connectivity index (χ0v) is 10.5. The fourth-order valence-electron chi connectivity index (χ4n) is 2.59. The van der Waals surface area contributed by atoms with Crippen molar-refractivity contribution in [1.29, 1.82) is 0 Å². The van der Waals surface area contributed by atoms with Crippen molar-refractivity contribution in [3.63, 3.8) is 0 Å². The quantitative estimate of drug-likeness (QED) is 0.865. The molecule has 2 rings (SSSR count). The third-order valence-electron chi connectivity index (χ3n) is 3.41. The Morgan fingerprint density at radius 2 is 1.94 bits per heavy atom. The lowest BCUT2D eigenvalue weighted by Gasteiger charge is -2.20. The van der Waals surface area contributed by atoms with E-state index in [4.69, 9.17) is 0 Å². The van der Waals surface area contributed by atoms with Gasteiger partial charge in [0.2, 0.25) is 0 Å². The molecule has 1 aromatic carbocycles. The molecule has 0 heterocycles. The first-order valence-corrected chi connectivity index (χ1v) is 6.41. The number of alkyl halides is 3. The Morgan fingerprint density at radius 1 is 1.22 bits per heavy atom. The molecule has 0 saturated carbocycles. The normalized spacial score (nSPS) is 16.7. The fourth-order valence-corrected chi connectivity index (χ4v) is 2.59. The van der Waals surface area contributed by atoms with E-state index < -0.39 is 18.6 Å². The molecule has 1 N–H and O–H groups in total. The maximum absolute atomic E-state index is 12.5. The molecule has 18 heavy (non-hydrogen) atoms. The molecule has 1 nitrogen and oxygen atoms in total. The summed E-state index contributed by atoms with van der Waals surface area (Å²) in [6.45, 7) is 2.37. The van der Waals surface area contributed by atoms with Gasteiger partial charge in [0.15, 0.2) is 0 Å². The predicted octanol–water partition coefficient (Wildman–Crippen LogP) is 3.78. The molecule has 1 aliphatic carbocycles. The topological polar surface area (TPSA) is 12.0 Å². The van der Waals surface area contributed by atoms with E-state index in [1.54, 1.807) is 0 Å². The van der Waals surface area contributed by atoms with Crippen LogP contribution in [-0.4, -0.2) is 12.7 Å². The summed E-state index contributed by atoms with van der Waals surface area (Å²) in [6, 6.07) is 5.14. The highest BCUT2D eigenvalue weighted by Gasteiger charge is 2.32. The molecule has 100 valence electrons. The van der Waals surface area contributed by atoms with E-state index in [0.29, 0.717) is 6.54 Å². The number of hydrogen-bond acceptors (Lipinski definition) is 1. The Labute approximate surface area is 105 Å². The van der Waals surface area contributed by atoms with Crippen molar-refractivity contribution in [3.05, 3.63) is 34.9 Å². The second-order valence-corrected chi connectivity index (χ2v) is 4.81. The Bertz CT molecular complexity index is 412. The van der Waals surface area contributed by atoms with Crippen LogP contribution in [0.5, 0.6) is 0 Å². The Balaban J connectivity index is 2.20. The van der Waals surface area contributed by atoms with Crippen LogP contribution in [0.2, 0.25) is 0 Å². The van der Waals surface area contributed by atoms with Gasteiger partial charge in [0.1, 0.15) is 0 Å². The summed E-state index contributed by atoms with van der Waals surface area (Å²) in [5.41, 5.74) is 3.27. The van der Waals surface area contributed by atoms with E-state index in [0.717, 1.165) is 24.8 Å². The first kappa shape index (κ1) is 13.4. The van der Waals surface area contributed by atoms with Crippen molar-refractivity contribution in [3.8, 4) is 0 Å². The van der Waals surface area contributed by atoms with Gasteiger partial charge in [-0.2, -0.15) is 13.2 Å². The number of benzene rings is 1. The van der Waals surface area contributed by atoms with Gasteiger partial charge >= 0.3 is 6.18 Å². The number of aryl methyl sites for hydroxylation is 2. The third kappa shape index (κ3) is 3.25. The summed E-state index contributed by atoms with van der Waals surface area (Å²) in [6.07, 6.45) is -1.77. The standard InChI is InChI=1S/C14H18F3N/c1-2-18-13(9-14(15,16)17)12-7-6-10-4-3-5-11(10)8-12/h6-8,13,18H,2-5,9H2,1H3. The van der Waals surface area contributed by atoms with Gasteiger partial charge in [-0.3, -0.25) is 0 Å². The molecule has 0 bridgehead atoms. The van der Waals surface area contributed by atoms with Crippen LogP contribution in [0, 0.1) is 0 Å². The van der Waals surface area contributed by atoms with Crippen LogP contribution in [0.15, 0.2) is 18.2 Å². The van der Waals surface area contributed by atoms with Crippen molar-refractivity contribution in [2.45, 2.75) is 44.8 Å². The number of nitrogens with one attached hydrogen (secondary N) is 1. The zero-order chi connectivity index (χ0) is 13.2. The number of fused-ring (bicyclic) bond motifs is 1. The first-order valence-electron chi connectivity index (χ1n) is 6.41. The molecule has 0 amide bonds. The van der Waals surface area contributed by atoms with E-state index in [-0.39, 0.29) is 0 Å². The average molecular weight is 257 g/mol. The predicted molar refractivity (Wildman–Crippen MR) is 65.6 cm³/mol. The smallest absolute Gasteiger partial charge is 0.310 e. The summed E-state index contributed by atoms with van der Waals surface area (Å²) in [4.78, 5) is 0. The molecule has 1 aliphatic rings. The van der Waals surface area contributed by atoms with Gasteiger partial charge < -0.3 is 5.32 Å². The maximum atomic E-state index is 12.5. The molecule has 1 unspecified atom stereocenters. The molecule has 0 fully saturated rings. The van der Waals surface area contributed by atoms with Crippen LogP contribution in [-0.2, 0) is 12.8 Å². The second kappa shape index (κ2) is 5.31. The van der Waals surface area contributed by atoms with Gasteiger partial charge in [-0.1, -0.05) is 25.1 Å². The highest BCUT2D eigenvalue weighted by molar-refractivity contribution is 5.36. The van der Waals surface area contributed by atoms with Gasteiger partial charge in [0.05, 0.1) is 6.42 Å². The van der Waals surface area contributed by atoms with Crippen LogP contribution in [0.25, 0.3) is 0 Å². The number of halogens is 3. The SMILES string of the molecule is CCNC(CC(F)(F)F)c1ccc2c(c1)CCC2. The monoisotopic (exact) mass is 257 g/mol. The summed E-state index contributed by atoms with van der Waals surface area (Å²) >= 11 is 0. The Kier molecular flexibility index (Phi) is 3.95. The molecule has 4 heteroatoms. The van der Waals surface area contributed by atoms with Crippen LogP contribution < -0.4 is 5.32 Å². The van der Waals surface area contributed by atoms with E-state index in [9.17, 15) is 13.2 Å². The largest absolute Gasteiger partial charge is 0.390 e. The molecule has 0 aliphatic heterocycles. The van der Waals surface area contributed by atoms with Crippen molar-refractivity contribution >= 4 is 0 Å². The minimum Gasteiger partial charge on any atom is -0.310 e. The molecule has 0 saturated heterocycles. The van der Waals surface area contributed by atoms with Crippen molar-refractivity contribution in [2.24, 2.45) is 0 Å². The van der Waals surface area contributed by atoms with Crippen molar-refractivity contribution in [1.82, 2.24) is 5.32 Å². The van der Waals surface area contributed by atoms with E-state index in [2.05, 4.69) is 5.32 Å². The molecule has 0 spiro atoms. The summed E-state index contributed by atoms with van der Waals surface area (Å²) < 4.78 is 37.6. The Morgan fingerprint density at radius 3 is 2.61 bits per heavy atom. The summed E-state index contributed by atoms with van der Waals surface area (Å²) in [5, 5.41) is 2.93. The summed E-state index contributed by atoms with van der Waals surface area (Å²) in [5.74, 6) is 0. The lowest BCUT2D eigenvalue weighted by atomic mass is 9.99. The Hall–Kier alpha value is -1.03. The third-order valence-corrected chi connectivity index (χ3v) is 3.41. The van der Waals surface area contributed by atoms with E-state index in [1.165, 1.54) is 11.1 Å². The molecule has 1 atom stereocenters. The van der Waals surface area contributed by atoms with Crippen molar-refractivity contribution in [2.75, 3.05) is 6.54 Å². The lowest BCUT2D eigenvalue weighted by Crippen LogP contribution is -2.26. The molecule has 0 aromatic heterocycles.